The molecule has 0 unspecified atom stereocenters. The van der Waals surface area contributed by atoms with Crippen LogP contribution in [0.5, 0.6) is 0 Å². The number of halogens is 3. The zero-order valence-corrected chi connectivity index (χ0v) is 17.9. The molecular formula is C20H27Cl3N4O. The lowest BCUT2D eigenvalue weighted by Crippen LogP contribution is -2.27. The zero-order chi connectivity index (χ0) is 17.2. The minimum atomic E-state index is -0.148. The fraction of sp³-hybridized carbons (Fsp3) is 0.350. The third-order valence-electron chi connectivity index (χ3n) is 5.01. The first-order valence-electron chi connectivity index (χ1n) is 8.95. The summed E-state index contributed by atoms with van der Waals surface area (Å²) in [6.45, 7) is 2.32. The number of rotatable bonds is 5. The van der Waals surface area contributed by atoms with Crippen LogP contribution in [0.2, 0.25) is 0 Å². The Labute approximate surface area is 184 Å². The third kappa shape index (κ3) is 5.92. The number of likely N-dealkylation sites (tertiary alicyclic amines) is 1. The minimum absolute atomic E-state index is 0. The van der Waals surface area contributed by atoms with Gasteiger partial charge in [-0.3, -0.25) is 9.69 Å². The molecule has 1 saturated carbocycles. The van der Waals surface area contributed by atoms with Crippen molar-refractivity contribution in [3.05, 3.63) is 54.1 Å². The predicted molar refractivity (Wildman–Crippen MR) is 124 cm³/mol. The van der Waals surface area contributed by atoms with Crippen molar-refractivity contribution in [3.63, 3.8) is 0 Å². The van der Waals surface area contributed by atoms with Crippen LogP contribution in [0.15, 0.2) is 48.5 Å². The number of nitrogens with one attached hydrogen (secondary N) is 2. The second kappa shape index (κ2) is 10.8. The largest absolute Gasteiger partial charge is 0.397 e. The molecule has 154 valence electrons. The van der Waals surface area contributed by atoms with Gasteiger partial charge in [0.25, 0.3) is 5.91 Å². The molecule has 2 aromatic carbocycles. The second-order valence-electron chi connectivity index (χ2n) is 6.97. The van der Waals surface area contributed by atoms with E-state index in [1.165, 1.54) is 25.8 Å². The topological polar surface area (TPSA) is 70.4 Å². The molecular weight excluding hydrogens is 419 g/mol. The Bertz CT molecular complexity index is 768. The van der Waals surface area contributed by atoms with E-state index in [2.05, 4.69) is 15.5 Å². The van der Waals surface area contributed by atoms with Crippen molar-refractivity contribution < 1.29 is 4.79 Å². The Morgan fingerprint density at radius 2 is 1.64 bits per heavy atom. The van der Waals surface area contributed by atoms with Gasteiger partial charge in [0.2, 0.25) is 0 Å². The molecule has 5 nitrogen and oxygen atoms in total. The van der Waals surface area contributed by atoms with Crippen LogP contribution in [0.1, 0.15) is 29.6 Å². The first-order chi connectivity index (χ1) is 12.2. The molecule has 1 aliphatic carbocycles. The van der Waals surface area contributed by atoms with Crippen LogP contribution in [0, 0.1) is 0 Å². The Morgan fingerprint density at radius 1 is 0.964 bits per heavy atom. The van der Waals surface area contributed by atoms with Crippen LogP contribution in [-0.4, -0.2) is 36.0 Å². The SMILES string of the molecule is Cl.Cl.Cl.Nc1ccccc1NC(=O)c1ccc(N[C@@H]2CCN(C3CC3)C2)cc1. The van der Waals surface area contributed by atoms with Crippen LogP contribution in [0.3, 0.4) is 0 Å². The molecule has 0 radical (unpaired) electrons. The highest BCUT2D eigenvalue weighted by atomic mass is 35.5. The number of carbonyl (C=O) groups is 1. The Hall–Kier alpha value is -1.66. The molecule has 1 atom stereocenters. The summed E-state index contributed by atoms with van der Waals surface area (Å²) in [7, 11) is 0. The van der Waals surface area contributed by atoms with E-state index in [9.17, 15) is 4.79 Å². The average Bonchev–Trinajstić information content (AvgIpc) is 3.37. The summed E-state index contributed by atoms with van der Waals surface area (Å²) >= 11 is 0. The number of carbonyl (C=O) groups excluding carboxylic acids is 1. The molecule has 1 aliphatic heterocycles. The van der Waals surface area contributed by atoms with Crippen LogP contribution < -0.4 is 16.4 Å². The molecule has 1 amide bonds. The van der Waals surface area contributed by atoms with Crippen molar-refractivity contribution in [1.29, 1.82) is 0 Å². The number of nitrogen functional groups attached to an aromatic ring is 1. The maximum atomic E-state index is 12.4. The van der Waals surface area contributed by atoms with Gasteiger partial charge in [-0.2, -0.15) is 0 Å². The summed E-state index contributed by atoms with van der Waals surface area (Å²) in [5, 5.41) is 6.44. The lowest BCUT2D eigenvalue weighted by molar-refractivity contribution is 0.102. The molecule has 2 aromatic rings. The quantitative estimate of drug-likeness (QED) is 0.595. The fourth-order valence-electron chi connectivity index (χ4n) is 3.44. The number of nitrogens with zero attached hydrogens (tertiary/aromatic N) is 1. The van der Waals surface area contributed by atoms with Crippen LogP contribution in [-0.2, 0) is 0 Å². The van der Waals surface area contributed by atoms with E-state index in [0.717, 1.165) is 18.3 Å². The Kier molecular flexibility index (Phi) is 9.37. The summed E-state index contributed by atoms with van der Waals surface area (Å²) in [6, 6.07) is 16.3. The Morgan fingerprint density at radius 3 is 2.29 bits per heavy atom. The number of amides is 1. The van der Waals surface area contributed by atoms with Crippen molar-refractivity contribution in [3.8, 4) is 0 Å². The van der Waals surface area contributed by atoms with E-state index in [4.69, 9.17) is 5.73 Å². The van der Waals surface area contributed by atoms with Gasteiger partial charge in [0.15, 0.2) is 0 Å². The van der Waals surface area contributed by atoms with Crippen molar-refractivity contribution >= 4 is 60.2 Å². The lowest BCUT2D eigenvalue weighted by atomic mass is 10.1. The average molecular weight is 446 g/mol. The smallest absolute Gasteiger partial charge is 0.255 e. The maximum Gasteiger partial charge on any atom is 0.255 e. The van der Waals surface area contributed by atoms with E-state index in [1.807, 2.05) is 36.4 Å². The van der Waals surface area contributed by atoms with Crippen LogP contribution in [0.4, 0.5) is 17.1 Å². The lowest BCUT2D eigenvalue weighted by Gasteiger charge is -2.17. The molecule has 4 N–H and O–H groups in total. The van der Waals surface area contributed by atoms with Gasteiger partial charge in [0.05, 0.1) is 11.4 Å². The first kappa shape index (κ1) is 24.4. The predicted octanol–water partition coefficient (Wildman–Crippen LogP) is 4.44. The first-order valence-corrected chi connectivity index (χ1v) is 8.95. The molecule has 4 rings (SSSR count). The molecule has 0 aromatic heterocycles. The van der Waals surface area contributed by atoms with Crippen molar-refractivity contribution in [2.45, 2.75) is 31.3 Å². The van der Waals surface area contributed by atoms with E-state index in [-0.39, 0.29) is 43.1 Å². The molecule has 1 heterocycles. The molecule has 0 spiro atoms. The van der Waals surface area contributed by atoms with E-state index in [1.54, 1.807) is 12.1 Å². The molecule has 1 saturated heterocycles. The van der Waals surface area contributed by atoms with E-state index >= 15 is 0 Å². The third-order valence-corrected chi connectivity index (χ3v) is 5.01. The molecule has 2 aliphatic rings. The number of nitrogens with two attached hydrogens (primary N) is 1. The summed E-state index contributed by atoms with van der Waals surface area (Å²) in [6.07, 6.45) is 3.91. The van der Waals surface area contributed by atoms with Gasteiger partial charge in [-0.25, -0.2) is 0 Å². The van der Waals surface area contributed by atoms with Gasteiger partial charge in [0, 0.05) is 36.4 Å². The van der Waals surface area contributed by atoms with Crippen LogP contribution in [0.25, 0.3) is 0 Å². The minimum Gasteiger partial charge on any atom is -0.397 e. The molecule has 28 heavy (non-hydrogen) atoms. The number of hydrogen-bond acceptors (Lipinski definition) is 4. The van der Waals surface area contributed by atoms with Crippen molar-refractivity contribution in [2.24, 2.45) is 0 Å². The van der Waals surface area contributed by atoms with Crippen molar-refractivity contribution in [1.82, 2.24) is 4.90 Å². The van der Waals surface area contributed by atoms with Gasteiger partial charge in [-0.1, -0.05) is 12.1 Å². The molecule has 2 fully saturated rings. The summed E-state index contributed by atoms with van der Waals surface area (Å²) in [5.74, 6) is -0.148. The normalized spacial score (nSPS) is 18.2. The van der Waals surface area contributed by atoms with E-state index < -0.39 is 0 Å². The highest BCUT2D eigenvalue weighted by Gasteiger charge is 2.34. The monoisotopic (exact) mass is 444 g/mol. The van der Waals surface area contributed by atoms with Gasteiger partial charge >= 0.3 is 0 Å². The standard InChI is InChI=1S/C20H24N4O.3ClH/c21-18-3-1-2-4-19(18)23-20(25)14-5-7-15(8-6-14)22-16-11-12-24(13-16)17-9-10-17;;;/h1-8,16-17,22H,9-13,21H2,(H,23,25);3*1H/t16-;;;/m1.../s1. The highest BCUT2D eigenvalue weighted by Crippen LogP contribution is 2.30. The fourth-order valence-corrected chi connectivity index (χ4v) is 3.44. The van der Waals surface area contributed by atoms with Gasteiger partial charge in [-0.15, -0.1) is 37.2 Å². The highest BCUT2D eigenvalue weighted by molar-refractivity contribution is 6.05. The van der Waals surface area contributed by atoms with Gasteiger partial charge in [-0.05, 0) is 55.7 Å². The van der Waals surface area contributed by atoms with E-state index in [0.29, 0.717) is 23.0 Å². The number of para-hydroxylation sites is 2. The molecule has 0 bridgehead atoms. The summed E-state index contributed by atoms with van der Waals surface area (Å²) in [4.78, 5) is 14.9. The Balaban J connectivity index is 0.00000131. The zero-order valence-electron chi connectivity index (χ0n) is 15.5. The summed E-state index contributed by atoms with van der Waals surface area (Å²) in [5.41, 5.74) is 8.77. The van der Waals surface area contributed by atoms with Gasteiger partial charge in [0.1, 0.15) is 0 Å². The number of hydrogen-bond donors (Lipinski definition) is 3. The van der Waals surface area contributed by atoms with Crippen LogP contribution >= 0.6 is 37.2 Å². The number of benzene rings is 2. The van der Waals surface area contributed by atoms with Gasteiger partial charge < -0.3 is 16.4 Å². The molecule has 8 heteroatoms. The summed E-state index contributed by atoms with van der Waals surface area (Å²) < 4.78 is 0. The number of anilines is 3. The maximum absolute atomic E-state index is 12.4. The van der Waals surface area contributed by atoms with Crippen molar-refractivity contribution in [2.75, 3.05) is 29.5 Å². The second-order valence-corrected chi connectivity index (χ2v) is 6.97.